The highest BCUT2D eigenvalue weighted by atomic mass is 35.5. The predicted octanol–water partition coefficient (Wildman–Crippen LogP) is 2.50. The summed E-state index contributed by atoms with van der Waals surface area (Å²) in [5.41, 5.74) is 7.57. The number of nitrogens with two attached hydrogens (primary N) is 1. The molecule has 6 heteroatoms. The van der Waals surface area contributed by atoms with Crippen molar-refractivity contribution in [1.29, 1.82) is 0 Å². The molecule has 0 bridgehead atoms. The first-order valence-electron chi connectivity index (χ1n) is 8.13. The van der Waals surface area contributed by atoms with Crippen LogP contribution in [0.4, 0.5) is 0 Å². The minimum Gasteiger partial charge on any atom is -0.330 e. The van der Waals surface area contributed by atoms with Crippen molar-refractivity contribution in [2.45, 2.75) is 52.7 Å². The van der Waals surface area contributed by atoms with Gasteiger partial charge < -0.3 is 5.73 Å². The van der Waals surface area contributed by atoms with Crippen molar-refractivity contribution in [3.05, 3.63) is 15.6 Å². The van der Waals surface area contributed by atoms with Gasteiger partial charge in [0.15, 0.2) is 0 Å². The lowest BCUT2D eigenvalue weighted by molar-refractivity contribution is 0.205. The molecule has 2 aliphatic rings. The van der Waals surface area contributed by atoms with Gasteiger partial charge in [-0.05, 0) is 38.8 Å². The van der Waals surface area contributed by atoms with E-state index in [4.69, 9.17) is 10.7 Å². The molecule has 1 atom stereocenters. The van der Waals surface area contributed by atoms with Crippen molar-refractivity contribution in [2.75, 3.05) is 26.2 Å². The summed E-state index contributed by atoms with van der Waals surface area (Å²) in [6, 6.07) is 0.632. The van der Waals surface area contributed by atoms with Gasteiger partial charge in [-0.25, -0.2) is 4.98 Å². The van der Waals surface area contributed by atoms with Gasteiger partial charge in [-0.1, -0.05) is 6.92 Å². The monoisotopic (exact) mass is 344 g/mol. The van der Waals surface area contributed by atoms with Gasteiger partial charge in [0.1, 0.15) is 5.01 Å². The molecule has 0 saturated carbocycles. The number of hydrogen-bond acceptors (Lipinski definition) is 5. The van der Waals surface area contributed by atoms with Crippen molar-refractivity contribution >= 4 is 23.7 Å². The van der Waals surface area contributed by atoms with E-state index in [1.165, 1.54) is 22.0 Å². The molecule has 2 N–H and O–H groups in total. The second kappa shape index (κ2) is 7.14. The first-order valence-corrected chi connectivity index (χ1v) is 8.95. The van der Waals surface area contributed by atoms with Crippen LogP contribution in [-0.4, -0.2) is 47.0 Å². The predicted molar refractivity (Wildman–Crippen MR) is 95.7 cm³/mol. The van der Waals surface area contributed by atoms with Gasteiger partial charge in [0.05, 0.1) is 12.2 Å². The summed E-state index contributed by atoms with van der Waals surface area (Å²) < 4.78 is 0. The van der Waals surface area contributed by atoms with E-state index >= 15 is 0 Å². The Labute approximate surface area is 144 Å². The molecule has 22 heavy (non-hydrogen) atoms. The molecule has 3 rings (SSSR count). The van der Waals surface area contributed by atoms with Gasteiger partial charge in [0.2, 0.25) is 0 Å². The van der Waals surface area contributed by atoms with Crippen LogP contribution < -0.4 is 5.73 Å². The Bertz CT molecular complexity index is 504. The van der Waals surface area contributed by atoms with Crippen LogP contribution in [0.15, 0.2) is 0 Å². The van der Waals surface area contributed by atoms with Crippen LogP contribution in [0.1, 0.15) is 42.8 Å². The minimum absolute atomic E-state index is 0. The third-order valence-electron chi connectivity index (χ3n) is 5.02. The lowest BCUT2D eigenvalue weighted by atomic mass is 9.90. The summed E-state index contributed by atoms with van der Waals surface area (Å²) >= 11 is 1.93. The quantitative estimate of drug-likeness (QED) is 0.911. The highest BCUT2D eigenvalue weighted by Gasteiger charge is 2.33. The van der Waals surface area contributed by atoms with Crippen molar-refractivity contribution in [1.82, 2.24) is 14.8 Å². The Balaban J connectivity index is 0.00000176. The molecule has 1 aromatic rings. The first-order chi connectivity index (χ1) is 9.99. The van der Waals surface area contributed by atoms with Gasteiger partial charge in [-0.3, -0.25) is 9.80 Å². The molecule has 0 radical (unpaired) electrons. The molecule has 0 aliphatic carbocycles. The van der Waals surface area contributed by atoms with Crippen molar-refractivity contribution in [2.24, 2.45) is 11.1 Å². The third kappa shape index (κ3) is 3.82. The van der Waals surface area contributed by atoms with Crippen LogP contribution in [0, 0.1) is 5.41 Å². The van der Waals surface area contributed by atoms with E-state index in [0.29, 0.717) is 11.5 Å². The maximum atomic E-state index is 5.90. The third-order valence-corrected chi connectivity index (χ3v) is 6.09. The minimum atomic E-state index is 0. The molecule has 2 aliphatic heterocycles. The summed E-state index contributed by atoms with van der Waals surface area (Å²) in [6.45, 7) is 13.2. The fourth-order valence-electron chi connectivity index (χ4n) is 3.40. The molecule has 1 unspecified atom stereocenters. The maximum absolute atomic E-state index is 5.90. The molecule has 1 aromatic heterocycles. The average molecular weight is 345 g/mol. The highest BCUT2D eigenvalue weighted by molar-refractivity contribution is 7.11. The van der Waals surface area contributed by atoms with E-state index in [1.807, 2.05) is 11.3 Å². The van der Waals surface area contributed by atoms with Gasteiger partial charge in [-0.2, -0.15) is 0 Å². The van der Waals surface area contributed by atoms with E-state index in [0.717, 1.165) is 45.7 Å². The average Bonchev–Trinajstić information content (AvgIpc) is 3.02. The first kappa shape index (κ1) is 18.1. The van der Waals surface area contributed by atoms with Gasteiger partial charge in [0.25, 0.3) is 0 Å². The largest absolute Gasteiger partial charge is 0.330 e. The van der Waals surface area contributed by atoms with E-state index < -0.39 is 0 Å². The Morgan fingerprint density at radius 2 is 2.14 bits per heavy atom. The van der Waals surface area contributed by atoms with Crippen LogP contribution in [0.2, 0.25) is 0 Å². The van der Waals surface area contributed by atoms with Gasteiger partial charge >= 0.3 is 0 Å². The van der Waals surface area contributed by atoms with Gasteiger partial charge in [-0.15, -0.1) is 23.7 Å². The number of fused-ring (bicyclic) bond motifs is 1. The second-order valence-corrected chi connectivity index (χ2v) is 8.44. The number of halogens is 1. The molecule has 4 nitrogen and oxygen atoms in total. The number of aromatic nitrogens is 1. The molecule has 126 valence electrons. The Kier molecular flexibility index (Phi) is 5.89. The zero-order valence-electron chi connectivity index (χ0n) is 14.0. The number of hydrogen-bond donors (Lipinski definition) is 1. The lowest BCUT2D eigenvalue weighted by Gasteiger charge is -2.29. The number of nitrogens with zero attached hydrogens (tertiary/aromatic N) is 3. The molecule has 3 heterocycles. The Morgan fingerprint density at radius 3 is 2.77 bits per heavy atom. The van der Waals surface area contributed by atoms with E-state index in [9.17, 15) is 0 Å². The Morgan fingerprint density at radius 1 is 1.36 bits per heavy atom. The summed E-state index contributed by atoms with van der Waals surface area (Å²) in [7, 11) is 0. The maximum Gasteiger partial charge on any atom is 0.107 e. The smallest absolute Gasteiger partial charge is 0.107 e. The fourth-order valence-corrected chi connectivity index (χ4v) is 4.58. The Hall–Kier alpha value is -0.200. The van der Waals surface area contributed by atoms with E-state index in [2.05, 4.69) is 30.6 Å². The van der Waals surface area contributed by atoms with E-state index in [1.54, 1.807) is 0 Å². The number of likely N-dealkylation sites (tertiary alicyclic amines) is 1. The van der Waals surface area contributed by atoms with Crippen LogP contribution in [0.3, 0.4) is 0 Å². The number of rotatable bonds is 4. The van der Waals surface area contributed by atoms with Crippen molar-refractivity contribution in [3.8, 4) is 0 Å². The summed E-state index contributed by atoms with van der Waals surface area (Å²) in [4.78, 5) is 11.5. The summed E-state index contributed by atoms with van der Waals surface area (Å²) in [5.74, 6) is 0. The second-order valence-electron chi connectivity index (χ2n) is 7.27. The zero-order chi connectivity index (χ0) is 15.0. The van der Waals surface area contributed by atoms with Crippen LogP contribution in [-0.2, 0) is 19.5 Å². The standard InChI is InChI=1S/C16H28N4S.ClH/c1-12(2)20-6-4-13-14(8-20)21-15(18-13)9-19-7-5-16(3,10-17)11-19;/h12H,4-11,17H2,1-3H3;1H. The molecule has 1 fully saturated rings. The van der Waals surface area contributed by atoms with Crippen LogP contribution in [0.25, 0.3) is 0 Å². The molecule has 0 spiro atoms. The summed E-state index contributed by atoms with van der Waals surface area (Å²) in [6.07, 6.45) is 2.33. The summed E-state index contributed by atoms with van der Waals surface area (Å²) in [5, 5.41) is 1.30. The normalized spacial score (nSPS) is 26.2. The van der Waals surface area contributed by atoms with Crippen LogP contribution >= 0.6 is 23.7 Å². The topological polar surface area (TPSA) is 45.4 Å². The lowest BCUT2D eigenvalue weighted by Crippen LogP contribution is -2.35. The molecular formula is C16H29ClN4S. The number of thiazole rings is 1. The molecule has 0 aromatic carbocycles. The molecule has 1 saturated heterocycles. The van der Waals surface area contributed by atoms with E-state index in [-0.39, 0.29) is 12.4 Å². The van der Waals surface area contributed by atoms with Gasteiger partial charge in [0, 0.05) is 37.0 Å². The van der Waals surface area contributed by atoms with Crippen molar-refractivity contribution in [3.63, 3.8) is 0 Å². The van der Waals surface area contributed by atoms with Crippen molar-refractivity contribution < 1.29 is 0 Å². The fraction of sp³-hybridized carbons (Fsp3) is 0.812. The molecular weight excluding hydrogens is 316 g/mol. The van der Waals surface area contributed by atoms with Crippen LogP contribution in [0.5, 0.6) is 0 Å². The SMILES string of the molecule is CC(C)N1CCc2nc(CN3CCC(C)(CN)C3)sc2C1.Cl. The highest BCUT2D eigenvalue weighted by Crippen LogP contribution is 2.31. The molecule has 0 amide bonds. The zero-order valence-corrected chi connectivity index (χ0v) is 15.6.